The summed E-state index contributed by atoms with van der Waals surface area (Å²) >= 11 is 5.74. The summed E-state index contributed by atoms with van der Waals surface area (Å²) in [6, 6.07) is 5.19. The van der Waals surface area contributed by atoms with E-state index in [-0.39, 0.29) is 16.9 Å². The number of nitrogens with two attached hydrogens (primary N) is 1. The Balaban J connectivity index is 2.05. The molecule has 0 aromatic heterocycles. The molecule has 0 heterocycles. The molecule has 1 aromatic rings. The molecule has 3 heteroatoms. The van der Waals surface area contributed by atoms with Crippen LogP contribution in [0.5, 0.6) is 0 Å². The van der Waals surface area contributed by atoms with E-state index < -0.39 is 0 Å². The Morgan fingerprint density at radius 2 is 2.06 bits per heavy atom. The monoisotopic (exact) mass is 241 g/mol. The van der Waals surface area contributed by atoms with Crippen molar-refractivity contribution >= 4 is 11.6 Å². The van der Waals surface area contributed by atoms with E-state index in [4.69, 9.17) is 17.3 Å². The topological polar surface area (TPSA) is 26.0 Å². The van der Waals surface area contributed by atoms with Crippen molar-refractivity contribution in [2.75, 3.05) is 0 Å². The fourth-order valence-corrected chi connectivity index (χ4v) is 2.71. The van der Waals surface area contributed by atoms with Crippen LogP contribution in [0.1, 0.15) is 31.2 Å². The highest BCUT2D eigenvalue weighted by molar-refractivity contribution is 6.30. The summed E-state index contributed by atoms with van der Waals surface area (Å²) in [5, 5.41) is 0.191. The van der Waals surface area contributed by atoms with E-state index in [1.165, 1.54) is 25.7 Å². The number of rotatable bonds is 3. The first-order chi connectivity index (χ1) is 7.68. The molecule has 1 aliphatic rings. The zero-order valence-electron chi connectivity index (χ0n) is 9.26. The second-order valence-corrected chi connectivity index (χ2v) is 5.03. The van der Waals surface area contributed by atoms with Crippen molar-refractivity contribution in [1.82, 2.24) is 0 Å². The first-order valence-electron chi connectivity index (χ1n) is 5.87. The highest BCUT2D eigenvalue weighted by Gasteiger charge is 2.23. The van der Waals surface area contributed by atoms with Crippen molar-refractivity contribution in [2.45, 2.75) is 38.1 Å². The maximum absolute atomic E-state index is 13.7. The summed E-state index contributed by atoms with van der Waals surface area (Å²) in [5.41, 5.74) is 6.77. The van der Waals surface area contributed by atoms with E-state index in [0.717, 1.165) is 0 Å². The second-order valence-electron chi connectivity index (χ2n) is 4.63. The smallest absolute Gasteiger partial charge is 0.145 e. The van der Waals surface area contributed by atoms with Crippen molar-refractivity contribution in [3.63, 3.8) is 0 Å². The quantitative estimate of drug-likeness (QED) is 0.861. The van der Waals surface area contributed by atoms with E-state index >= 15 is 0 Å². The zero-order chi connectivity index (χ0) is 11.5. The molecule has 1 atom stereocenters. The van der Waals surface area contributed by atoms with Crippen LogP contribution in [0.25, 0.3) is 0 Å². The molecule has 88 valence electrons. The molecule has 16 heavy (non-hydrogen) atoms. The van der Waals surface area contributed by atoms with Gasteiger partial charge in [-0.1, -0.05) is 36.6 Å². The molecule has 0 amide bonds. The van der Waals surface area contributed by atoms with Gasteiger partial charge in [-0.25, -0.2) is 4.39 Å². The lowest BCUT2D eigenvalue weighted by Gasteiger charge is -2.19. The van der Waals surface area contributed by atoms with Gasteiger partial charge in [0.25, 0.3) is 0 Å². The van der Waals surface area contributed by atoms with Crippen LogP contribution < -0.4 is 5.73 Å². The van der Waals surface area contributed by atoms with Gasteiger partial charge in [-0.2, -0.15) is 0 Å². The maximum Gasteiger partial charge on any atom is 0.145 e. The third-order valence-electron chi connectivity index (χ3n) is 3.49. The highest BCUT2D eigenvalue weighted by Crippen LogP contribution is 2.29. The minimum atomic E-state index is -0.308. The average Bonchev–Trinajstić information content (AvgIpc) is 2.78. The normalized spacial score (nSPS) is 18.9. The van der Waals surface area contributed by atoms with Crippen LogP contribution in [0.15, 0.2) is 18.2 Å². The summed E-state index contributed by atoms with van der Waals surface area (Å²) in [4.78, 5) is 0. The Labute approximate surface area is 101 Å². The van der Waals surface area contributed by atoms with E-state index in [1.54, 1.807) is 18.2 Å². The molecule has 2 N–H and O–H groups in total. The van der Waals surface area contributed by atoms with Crippen LogP contribution >= 0.6 is 11.6 Å². The van der Waals surface area contributed by atoms with Gasteiger partial charge in [0.1, 0.15) is 5.82 Å². The largest absolute Gasteiger partial charge is 0.327 e. The first kappa shape index (κ1) is 11.9. The Kier molecular flexibility index (Phi) is 3.82. The van der Waals surface area contributed by atoms with Crippen LogP contribution in [-0.2, 0) is 6.42 Å². The molecular weight excluding hydrogens is 225 g/mol. The van der Waals surface area contributed by atoms with Crippen LogP contribution in [-0.4, -0.2) is 6.04 Å². The molecule has 0 radical (unpaired) electrons. The number of hydrogen-bond donors (Lipinski definition) is 1. The lowest BCUT2D eigenvalue weighted by molar-refractivity contribution is 0.424. The summed E-state index contributed by atoms with van der Waals surface area (Å²) in [5.74, 6) is 0.246. The third-order valence-corrected chi connectivity index (χ3v) is 3.78. The minimum absolute atomic E-state index is 0.0652. The van der Waals surface area contributed by atoms with Crippen molar-refractivity contribution in [3.8, 4) is 0 Å². The minimum Gasteiger partial charge on any atom is -0.327 e. The molecule has 1 fully saturated rings. The molecule has 0 saturated heterocycles. The predicted molar refractivity (Wildman–Crippen MR) is 65.0 cm³/mol. The SMILES string of the molecule is NC(Cc1cccc(Cl)c1F)C1CCCC1. The molecule has 0 aliphatic heterocycles. The molecule has 1 aliphatic carbocycles. The van der Waals surface area contributed by atoms with Gasteiger partial charge in [-0.05, 0) is 36.8 Å². The molecular formula is C13H17ClFN. The summed E-state index contributed by atoms with van der Waals surface area (Å²) in [6.07, 6.45) is 5.48. The van der Waals surface area contributed by atoms with Gasteiger partial charge >= 0.3 is 0 Å². The summed E-state index contributed by atoms with van der Waals surface area (Å²) < 4.78 is 13.7. The third kappa shape index (κ3) is 2.55. The average molecular weight is 242 g/mol. The molecule has 2 rings (SSSR count). The number of benzene rings is 1. The lowest BCUT2D eigenvalue weighted by atomic mass is 9.93. The predicted octanol–water partition coefficient (Wildman–Crippen LogP) is 3.54. The maximum atomic E-state index is 13.7. The molecule has 1 aromatic carbocycles. The first-order valence-corrected chi connectivity index (χ1v) is 6.24. The molecule has 1 nitrogen and oxygen atoms in total. The van der Waals surface area contributed by atoms with E-state index in [0.29, 0.717) is 17.9 Å². The lowest BCUT2D eigenvalue weighted by Crippen LogP contribution is -2.31. The fourth-order valence-electron chi connectivity index (χ4n) is 2.51. The van der Waals surface area contributed by atoms with Crippen molar-refractivity contribution < 1.29 is 4.39 Å². The van der Waals surface area contributed by atoms with Gasteiger partial charge in [0.15, 0.2) is 0 Å². The second kappa shape index (κ2) is 5.15. The standard InChI is InChI=1S/C13H17ClFN/c14-11-7-3-6-10(13(11)15)8-12(16)9-4-1-2-5-9/h3,6-7,9,12H,1-2,4-5,8,16H2. The molecule has 0 spiro atoms. The van der Waals surface area contributed by atoms with E-state index in [9.17, 15) is 4.39 Å². The Morgan fingerprint density at radius 1 is 1.38 bits per heavy atom. The zero-order valence-corrected chi connectivity index (χ0v) is 10.0. The highest BCUT2D eigenvalue weighted by atomic mass is 35.5. The van der Waals surface area contributed by atoms with Crippen LogP contribution in [0.3, 0.4) is 0 Å². The van der Waals surface area contributed by atoms with Gasteiger partial charge in [0.05, 0.1) is 5.02 Å². The molecule has 0 bridgehead atoms. The summed E-state index contributed by atoms with van der Waals surface area (Å²) in [7, 11) is 0. The Bertz CT molecular complexity index is 361. The van der Waals surface area contributed by atoms with Gasteiger partial charge < -0.3 is 5.73 Å². The van der Waals surface area contributed by atoms with Crippen LogP contribution in [0, 0.1) is 11.7 Å². The van der Waals surface area contributed by atoms with Crippen LogP contribution in [0.4, 0.5) is 4.39 Å². The van der Waals surface area contributed by atoms with Crippen molar-refractivity contribution in [1.29, 1.82) is 0 Å². The van der Waals surface area contributed by atoms with Gasteiger partial charge in [0.2, 0.25) is 0 Å². The Morgan fingerprint density at radius 3 is 2.75 bits per heavy atom. The van der Waals surface area contributed by atoms with Gasteiger partial charge in [0, 0.05) is 6.04 Å². The van der Waals surface area contributed by atoms with Crippen molar-refractivity contribution in [2.24, 2.45) is 11.7 Å². The number of halogens is 2. The van der Waals surface area contributed by atoms with Gasteiger partial charge in [-0.3, -0.25) is 0 Å². The van der Waals surface area contributed by atoms with E-state index in [2.05, 4.69) is 0 Å². The fraction of sp³-hybridized carbons (Fsp3) is 0.538. The van der Waals surface area contributed by atoms with E-state index in [1.807, 2.05) is 0 Å². The van der Waals surface area contributed by atoms with Crippen LogP contribution in [0.2, 0.25) is 5.02 Å². The summed E-state index contributed by atoms with van der Waals surface area (Å²) in [6.45, 7) is 0. The Hall–Kier alpha value is -0.600. The number of hydrogen-bond acceptors (Lipinski definition) is 1. The van der Waals surface area contributed by atoms with Gasteiger partial charge in [-0.15, -0.1) is 0 Å². The molecule has 1 saturated carbocycles. The molecule has 1 unspecified atom stereocenters. The van der Waals surface area contributed by atoms with Crippen molar-refractivity contribution in [3.05, 3.63) is 34.6 Å².